The van der Waals surface area contributed by atoms with Gasteiger partial charge in [0.1, 0.15) is 0 Å². The van der Waals surface area contributed by atoms with Crippen LogP contribution in [0.4, 0.5) is 10.5 Å². The van der Waals surface area contributed by atoms with Gasteiger partial charge in [0.25, 0.3) is 0 Å². The van der Waals surface area contributed by atoms with Crippen LogP contribution >= 0.6 is 11.6 Å². The average Bonchev–Trinajstić information content (AvgIpc) is 2.97. The first-order valence-electron chi connectivity index (χ1n) is 20.8. The molecule has 0 aromatic heterocycles. The van der Waals surface area contributed by atoms with Crippen molar-refractivity contribution < 1.29 is 40.4 Å². The van der Waals surface area contributed by atoms with Crippen molar-refractivity contribution in [2.75, 3.05) is 51.4 Å². The van der Waals surface area contributed by atoms with E-state index in [0.29, 0.717) is 7.05 Å². The number of piperazine rings is 1. The molecule has 5 nitrogen and oxygen atoms in total. The Kier molecular flexibility index (Phi) is 2.04. The summed E-state index contributed by atoms with van der Waals surface area (Å²) >= 11 is 6.25. The maximum Gasteiger partial charge on any atom is 0.317 e. The Morgan fingerprint density at radius 3 is 2.79 bits per heavy atom. The second kappa shape index (κ2) is 9.84. The maximum atomic E-state index is 12.8. The molecule has 1 N–H and O–H groups in total. The van der Waals surface area contributed by atoms with E-state index < -0.39 is 123 Å². The average molecular weight is 433 g/mol. The molecular weight excluding hydrogens is 372 g/mol. The minimum atomic E-state index is -4.39. The molecule has 2 aliphatic rings. The third-order valence-electron chi connectivity index (χ3n) is 3.37. The zero-order valence-electron chi connectivity index (χ0n) is 40.8. The predicted molar refractivity (Wildman–Crippen MR) is 117 cm³/mol. The van der Waals surface area contributed by atoms with Crippen molar-refractivity contribution in [1.82, 2.24) is 15.1 Å². The summed E-state index contributed by atoms with van der Waals surface area (Å²) in [4.78, 5) is 11.6. The minimum Gasteiger partial charge on any atom is -0.368 e. The maximum absolute atomic E-state index is 12.8. The van der Waals surface area contributed by atoms with E-state index in [0.717, 1.165) is 6.92 Å². The molecule has 1 aliphatic carbocycles. The second-order valence-corrected chi connectivity index (χ2v) is 5.84. The van der Waals surface area contributed by atoms with Crippen molar-refractivity contribution in [2.24, 2.45) is 5.89 Å². The Morgan fingerprint density at radius 2 is 2.11 bits per heavy atom. The second-order valence-electron chi connectivity index (χ2n) is 5.46. The van der Waals surface area contributed by atoms with E-state index in [1.807, 2.05) is 0 Å². The monoisotopic (exact) mass is 432 g/mol. The van der Waals surface area contributed by atoms with Gasteiger partial charge in [-0.1, -0.05) is 23.7 Å². The first kappa shape index (κ1) is 5.82. The number of hydrogen-bond acceptors (Lipinski definition) is 3. The summed E-state index contributed by atoms with van der Waals surface area (Å²) in [6, 6.07) is -8.90. The van der Waals surface area contributed by atoms with Gasteiger partial charge in [0, 0.05) is 70.7 Å². The van der Waals surface area contributed by atoms with E-state index in [1.54, 1.807) is 0 Å². The highest BCUT2D eigenvalue weighted by atomic mass is 35.5. The zero-order valence-corrected chi connectivity index (χ0v) is 15.6. The predicted octanol–water partition coefficient (Wildman–Crippen LogP) is 3.99. The van der Waals surface area contributed by atoms with Crippen LogP contribution in [0.2, 0.25) is 5.02 Å². The smallest absolute Gasteiger partial charge is 0.317 e. The number of hydrogen-bond donors (Lipinski definition) is 1. The number of carbonyl (C=O) groups is 1. The molecule has 156 valence electrons. The fraction of sp³-hybridized carbons (Fsp3) is 0.682. The summed E-state index contributed by atoms with van der Waals surface area (Å²) in [6.45, 7) is -23.1. The number of halogens is 1. The van der Waals surface area contributed by atoms with Gasteiger partial charge in [-0.3, -0.25) is 4.90 Å². The van der Waals surface area contributed by atoms with Crippen LogP contribution in [0, 0.1) is 12.8 Å². The summed E-state index contributed by atoms with van der Waals surface area (Å²) in [7, 11) is 0.599. The number of carbonyl (C=O) groups excluding carboxylic acids is 1. The van der Waals surface area contributed by atoms with Gasteiger partial charge in [-0.2, -0.15) is 0 Å². The Labute approximate surface area is 211 Å². The lowest BCUT2D eigenvalue weighted by molar-refractivity contribution is 0.194. The van der Waals surface area contributed by atoms with Crippen LogP contribution in [0.5, 0.6) is 0 Å². The number of nitrogens with zero attached hydrogens (tertiary/aromatic N) is 3. The Morgan fingerprint density at radius 1 is 1.39 bits per heavy atom. The van der Waals surface area contributed by atoms with E-state index in [-0.39, 0.29) is 15.4 Å². The molecule has 0 bridgehead atoms. The molecule has 2 amide bonds. The van der Waals surface area contributed by atoms with Gasteiger partial charge in [0.05, 0.1) is 21.7 Å². The Bertz CT molecular complexity index is 1620. The topological polar surface area (TPSA) is 38.8 Å². The highest BCUT2D eigenvalue weighted by molar-refractivity contribution is 6.34. The lowest BCUT2D eigenvalue weighted by atomic mass is 9.84. The molecule has 28 heavy (non-hydrogen) atoms. The minimum absolute atomic E-state index is 0.127. The highest BCUT2D eigenvalue weighted by Crippen LogP contribution is 2.30. The van der Waals surface area contributed by atoms with Gasteiger partial charge >= 0.3 is 6.03 Å². The molecule has 0 radical (unpaired) electrons. The Balaban J connectivity index is 2.33. The highest BCUT2D eigenvalue weighted by Gasteiger charge is 2.24. The van der Waals surface area contributed by atoms with E-state index in [4.69, 9.17) is 47.2 Å². The van der Waals surface area contributed by atoms with Crippen LogP contribution in [0.15, 0.2) is 18.1 Å². The molecule has 0 spiro atoms. The van der Waals surface area contributed by atoms with Crippen LogP contribution in [-0.2, 0) is 0 Å². The summed E-state index contributed by atoms with van der Waals surface area (Å²) < 4.78 is 220. The van der Waals surface area contributed by atoms with E-state index in [1.165, 1.54) is 5.32 Å². The van der Waals surface area contributed by atoms with Crippen LogP contribution < -0.4 is 10.2 Å². The number of urea groups is 1. The van der Waals surface area contributed by atoms with Crippen LogP contribution in [0.1, 0.15) is 73.1 Å². The van der Waals surface area contributed by atoms with Crippen molar-refractivity contribution in [3.63, 3.8) is 0 Å². The normalized spacial score (nSPS) is 57.8. The van der Waals surface area contributed by atoms with Crippen LogP contribution in [0.25, 0.3) is 0 Å². The molecule has 1 aromatic carbocycles. The molecule has 3 rings (SSSR count). The number of anilines is 1. The number of benzene rings is 1. The number of amides is 2. The fourth-order valence-corrected chi connectivity index (χ4v) is 2.09. The molecule has 1 heterocycles. The van der Waals surface area contributed by atoms with Gasteiger partial charge in [0.15, 0.2) is 0 Å². The summed E-state index contributed by atoms with van der Waals surface area (Å²) in [5.74, 6) is -4.26. The van der Waals surface area contributed by atoms with Crippen molar-refractivity contribution in [3.05, 3.63) is 28.7 Å². The van der Waals surface area contributed by atoms with Crippen LogP contribution in [-0.4, -0.2) is 68.4 Å². The number of nitrogens with one attached hydrogen (secondary N) is 1. The lowest BCUT2D eigenvalue weighted by Gasteiger charge is -2.37. The summed E-state index contributed by atoms with van der Waals surface area (Å²) in [5.41, 5.74) is -1.47. The first-order valence-corrected chi connectivity index (χ1v) is 8.21. The standard InChI is InChI=1S/C22H35ClN4O/c1-17-5-4-6-20(21(17)23)27-15-13-26(14-16-27)12-11-18-7-9-19(10-8-18)24-22(28)25(2)3/h4-6,18-19H,7-16H2,1-3H3,(H,24,28)/t18-,19-/i2D3,4D,5D,6D,7D2,8D2,9D2,10D2,12D2,13D2,14D2,15D2,16D2,18D,19D. The zero-order chi connectivity index (χ0) is 43.2. The molecule has 6 heteroatoms. The third-order valence-corrected chi connectivity index (χ3v) is 3.83. The third kappa shape index (κ3) is 5.54. The molecule has 1 aromatic rings. The largest absolute Gasteiger partial charge is 0.368 e. The van der Waals surface area contributed by atoms with Crippen molar-refractivity contribution in [1.29, 1.82) is 0 Å². The van der Waals surface area contributed by atoms with E-state index in [9.17, 15) is 4.79 Å². The van der Waals surface area contributed by atoms with Crippen molar-refractivity contribution in [2.45, 2.75) is 44.9 Å². The summed E-state index contributed by atoms with van der Waals surface area (Å²) in [6.07, 6.45) is -19.8. The quantitative estimate of drug-likeness (QED) is 0.764. The molecule has 1 saturated carbocycles. The fourth-order valence-electron chi connectivity index (χ4n) is 1.91. The van der Waals surface area contributed by atoms with Gasteiger partial charge in [-0.05, 0) is 62.8 Å². The van der Waals surface area contributed by atoms with Crippen molar-refractivity contribution in [3.8, 4) is 0 Å². The molecule has 1 saturated heterocycles. The number of rotatable bonds is 5. The van der Waals surface area contributed by atoms with Crippen molar-refractivity contribution >= 4 is 23.3 Å². The molecular formula is C22H35ClN4O. The van der Waals surface area contributed by atoms with Gasteiger partial charge in [0.2, 0.25) is 0 Å². The van der Waals surface area contributed by atoms with Gasteiger partial charge in [-0.15, -0.1) is 0 Å². The summed E-state index contributed by atoms with van der Waals surface area (Å²) in [5, 5.41) is 0.560. The van der Waals surface area contributed by atoms with Gasteiger partial charge < -0.3 is 15.1 Å². The van der Waals surface area contributed by atoms with Crippen LogP contribution in [0.3, 0.4) is 0 Å². The molecule has 2 fully saturated rings. The van der Waals surface area contributed by atoms with E-state index in [2.05, 4.69) is 0 Å². The molecule has 0 atom stereocenters. The first-order chi connectivity index (χ1) is 23.4. The van der Waals surface area contributed by atoms with Gasteiger partial charge in [-0.25, -0.2) is 4.79 Å². The lowest BCUT2D eigenvalue weighted by Crippen LogP contribution is -2.47. The molecule has 0 unspecified atom stereocenters. The van der Waals surface area contributed by atoms with E-state index >= 15 is 0 Å². The Hall–Kier alpha value is -1.46. The SMILES string of the molecule is [2H]c1c([2H])c(C)c(Cl)c(N2C([2H])([2H])C([2H])([2H])N(C([2H])([2H])C[C@]3([2H])C([2H])([2H])C([2H])([2H])[C@@]([2H])(NC(=O)N(C)C([2H])([2H])[2H])C([2H])([2H])C3([2H])[2H])C([2H])([2H])C2([2H])[2H])c1[2H]. The molecule has 1 aliphatic heterocycles.